The van der Waals surface area contributed by atoms with Gasteiger partial charge in [-0.1, -0.05) is 12.1 Å². The van der Waals surface area contributed by atoms with Gasteiger partial charge in [0, 0.05) is 31.7 Å². The minimum atomic E-state index is 0.179. The molecule has 0 aromatic heterocycles. The topological polar surface area (TPSA) is 29.5 Å². The van der Waals surface area contributed by atoms with E-state index < -0.39 is 0 Å². The Kier molecular flexibility index (Phi) is 5.28. The Hall–Kier alpha value is -1.00. The second kappa shape index (κ2) is 6.96. The molecule has 0 saturated carbocycles. The lowest BCUT2D eigenvalue weighted by Gasteiger charge is -2.27. The smallest absolute Gasteiger partial charge is 0.226 e. The van der Waals surface area contributed by atoms with Crippen LogP contribution in [-0.2, 0) is 16.0 Å². The van der Waals surface area contributed by atoms with Gasteiger partial charge in [-0.3, -0.25) is 4.79 Å². The first-order chi connectivity index (χ1) is 9.15. The summed E-state index contributed by atoms with van der Waals surface area (Å²) in [6.07, 6.45) is 2.59. The van der Waals surface area contributed by atoms with Crippen molar-refractivity contribution in [3.8, 4) is 0 Å². The van der Waals surface area contributed by atoms with Crippen molar-refractivity contribution in [2.24, 2.45) is 5.92 Å². The summed E-state index contributed by atoms with van der Waals surface area (Å²) in [4.78, 5) is 14.9. The number of ether oxygens (including phenoxy) is 1. The van der Waals surface area contributed by atoms with Gasteiger partial charge in [-0.2, -0.15) is 0 Å². The standard InChI is InChI=1S/C15H21NO2S/c1-16(11-13-6-8-18-9-7-13)15(17)10-12-2-4-14(19)5-3-12/h2-5,13,19H,6-11H2,1H3. The van der Waals surface area contributed by atoms with Gasteiger partial charge in [-0.25, -0.2) is 0 Å². The van der Waals surface area contributed by atoms with Crippen molar-refractivity contribution >= 4 is 18.5 Å². The average molecular weight is 279 g/mol. The van der Waals surface area contributed by atoms with E-state index in [-0.39, 0.29) is 5.91 Å². The molecule has 4 heteroatoms. The zero-order valence-corrected chi connectivity index (χ0v) is 12.2. The molecule has 0 bridgehead atoms. The highest BCUT2D eigenvalue weighted by atomic mass is 32.1. The van der Waals surface area contributed by atoms with Gasteiger partial charge in [0.25, 0.3) is 0 Å². The van der Waals surface area contributed by atoms with Gasteiger partial charge in [-0.05, 0) is 36.5 Å². The van der Waals surface area contributed by atoms with Crippen LogP contribution in [0.1, 0.15) is 18.4 Å². The van der Waals surface area contributed by atoms with Crippen LogP contribution in [0.2, 0.25) is 0 Å². The van der Waals surface area contributed by atoms with Crippen molar-refractivity contribution < 1.29 is 9.53 Å². The van der Waals surface area contributed by atoms with Gasteiger partial charge in [0.15, 0.2) is 0 Å². The van der Waals surface area contributed by atoms with Crippen molar-refractivity contribution in [1.29, 1.82) is 0 Å². The molecule has 1 aliphatic rings. The molecule has 1 saturated heterocycles. The number of carbonyl (C=O) groups excluding carboxylic acids is 1. The summed E-state index contributed by atoms with van der Waals surface area (Å²) < 4.78 is 5.34. The third-order valence-electron chi connectivity index (χ3n) is 3.59. The van der Waals surface area contributed by atoms with Gasteiger partial charge in [0.05, 0.1) is 6.42 Å². The largest absolute Gasteiger partial charge is 0.381 e. The van der Waals surface area contributed by atoms with Gasteiger partial charge in [-0.15, -0.1) is 12.6 Å². The molecule has 1 aromatic carbocycles. The second-order valence-electron chi connectivity index (χ2n) is 5.17. The number of likely N-dealkylation sites (N-methyl/N-ethyl adjacent to an activating group) is 1. The van der Waals surface area contributed by atoms with Gasteiger partial charge >= 0.3 is 0 Å². The Morgan fingerprint density at radius 1 is 1.32 bits per heavy atom. The Balaban J connectivity index is 1.83. The second-order valence-corrected chi connectivity index (χ2v) is 5.69. The lowest BCUT2D eigenvalue weighted by atomic mass is 9.99. The van der Waals surface area contributed by atoms with Crippen LogP contribution >= 0.6 is 12.6 Å². The van der Waals surface area contributed by atoms with Crippen LogP contribution in [0.3, 0.4) is 0 Å². The maximum Gasteiger partial charge on any atom is 0.226 e. The number of hydrogen-bond acceptors (Lipinski definition) is 3. The van der Waals surface area contributed by atoms with Crippen molar-refractivity contribution in [3.05, 3.63) is 29.8 Å². The molecule has 2 rings (SSSR count). The van der Waals surface area contributed by atoms with Crippen LogP contribution in [0.15, 0.2) is 29.2 Å². The number of benzene rings is 1. The molecule has 1 amide bonds. The van der Waals surface area contributed by atoms with E-state index in [1.807, 2.05) is 36.2 Å². The summed E-state index contributed by atoms with van der Waals surface area (Å²) in [5.41, 5.74) is 1.04. The lowest BCUT2D eigenvalue weighted by Crippen LogP contribution is -2.35. The quantitative estimate of drug-likeness (QED) is 0.858. The fourth-order valence-corrected chi connectivity index (χ4v) is 2.49. The number of thiol groups is 1. The Morgan fingerprint density at radius 3 is 2.58 bits per heavy atom. The number of hydrogen-bond donors (Lipinski definition) is 1. The zero-order chi connectivity index (χ0) is 13.7. The molecule has 0 atom stereocenters. The molecule has 1 fully saturated rings. The number of nitrogens with zero attached hydrogens (tertiary/aromatic N) is 1. The molecule has 0 N–H and O–H groups in total. The molecular formula is C15H21NO2S. The maximum absolute atomic E-state index is 12.1. The molecule has 19 heavy (non-hydrogen) atoms. The SMILES string of the molecule is CN(CC1CCOCC1)C(=O)Cc1ccc(S)cc1. The predicted octanol–water partition coefficient (Wildman–Crippen LogP) is 2.40. The van der Waals surface area contributed by atoms with Gasteiger partial charge in [0.1, 0.15) is 0 Å². The summed E-state index contributed by atoms with van der Waals surface area (Å²) >= 11 is 4.24. The zero-order valence-electron chi connectivity index (χ0n) is 11.3. The summed E-state index contributed by atoms with van der Waals surface area (Å²) in [5, 5.41) is 0. The van der Waals surface area contributed by atoms with Crippen molar-refractivity contribution in [3.63, 3.8) is 0 Å². The van der Waals surface area contributed by atoms with E-state index in [2.05, 4.69) is 12.6 Å². The molecule has 3 nitrogen and oxygen atoms in total. The van der Waals surface area contributed by atoms with E-state index in [9.17, 15) is 4.79 Å². The summed E-state index contributed by atoms with van der Waals surface area (Å²) in [6, 6.07) is 7.76. The molecule has 1 aliphatic heterocycles. The molecular weight excluding hydrogens is 258 g/mol. The lowest BCUT2D eigenvalue weighted by molar-refractivity contribution is -0.130. The van der Waals surface area contributed by atoms with Crippen molar-refractivity contribution in [2.45, 2.75) is 24.2 Å². The third kappa shape index (κ3) is 4.55. The summed E-state index contributed by atoms with van der Waals surface area (Å²) in [5.74, 6) is 0.765. The molecule has 1 aromatic rings. The van der Waals surface area contributed by atoms with Crippen LogP contribution in [0.4, 0.5) is 0 Å². The minimum absolute atomic E-state index is 0.179. The monoisotopic (exact) mass is 279 g/mol. The molecule has 0 spiro atoms. The Bertz CT molecular complexity index is 413. The first-order valence-electron chi connectivity index (χ1n) is 6.75. The molecule has 104 valence electrons. The Labute approximate surface area is 120 Å². The van der Waals surface area contributed by atoms with E-state index in [1.54, 1.807) is 0 Å². The third-order valence-corrected chi connectivity index (χ3v) is 3.89. The molecule has 0 radical (unpaired) electrons. The van der Waals surface area contributed by atoms with Crippen LogP contribution in [0.25, 0.3) is 0 Å². The molecule has 0 unspecified atom stereocenters. The van der Waals surface area contributed by atoms with Gasteiger partial charge in [0.2, 0.25) is 5.91 Å². The normalized spacial score (nSPS) is 16.3. The van der Waals surface area contributed by atoms with Crippen LogP contribution in [-0.4, -0.2) is 37.6 Å². The molecule has 1 heterocycles. The van der Waals surface area contributed by atoms with Crippen LogP contribution in [0.5, 0.6) is 0 Å². The first-order valence-corrected chi connectivity index (χ1v) is 7.19. The van der Waals surface area contributed by atoms with Crippen LogP contribution < -0.4 is 0 Å². The highest BCUT2D eigenvalue weighted by molar-refractivity contribution is 7.80. The van der Waals surface area contributed by atoms with E-state index in [0.717, 1.165) is 43.1 Å². The molecule has 0 aliphatic carbocycles. The van der Waals surface area contributed by atoms with E-state index in [4.69, 9.17) is 4.74 Å². The van der Waals surface area contributed by atoms with E-state index >= 15 is 0 Å². The van der Waals surface area contributed by atoms with E-state index in [1.165, 1.54) is 0 Å². The highest BCUT2D eigenvalue weighted by Crippen LogP contribution is 2.16. The summed E-state index contributed by atoms with van der Waals surface area (Å²) in [6.45, 7) is 2.50. The fourth-order valence-electron chi connectivity index (χ4n) is 2.34. The van der Waals surface area contributed by atoms with Crippen LogP contribution in [0, 0.1) is 5.92 Å². The summed E-state index contributed by atoms with van der Waals surface area (Å²) in [7, 11) is 1.89. The van der Waals surface area contributed by atoms with Crippen molar-refractivity contribution in [2.75, 3.05) is 26.8 Å². The average Bonchev–Trinajstić information content (AvgIpc) is 2.42. The van der Waals surface area contributed by atoms with Crippen molar-refractivity contribution in [1.82, 2.24) is 4.90 Å². The van der Waals surface area contributed by atoms with E-state index in [0.29, 0.717) is 12.3 Å². The minimum Gasteiger partial charge on any atom is -0.381 e. The highest BCUT2D eigenvalue weighted by Gasteiger charge is 2.18. The fraction of sp³-hybridized carbons (Fsp3) is 0.533. The maximum atomic E-state index is 12.1. The number of amides is 1. The van der Waals surface area contributed by atoms with Gasteiger partial charge < -0.3 is 9.64 Å². The Morgan fingerprint density at radius 2 is 1.95 bits per heavy atom. The number of rotatable bonds is 4. The number of carbonyl (C=O) groups is 1. The predicted molar refractivity (Wildman–Crippen MR) is 78.6 cm³/mol. The first kappa shape index (κ1) is 14.4.